The average molecular weight is 298 g/mol. The molecule has 6 nitrogen and oxygen atoms in total. The van der Waals surface area contributed by atoms with Gasteiger partial charge >= 0.3 is 0 Å². The van der Waals surface area contributed by atoms with E-state index in [1.165, 1.54) is 0 Å². The van der Waals surface area contributed by atoms with Gasteiger partial charge in [-0.15, -0.1) is 0 Å². The van der Waals surface area contributed by atoms with Gasteiger partial charge in [-0.3, -0.25) is 14.0 Å². The van der Waals surface area contributed by atoms with E-state index in [2.05, 4.69) is 10.1 Å². The third-order valence-electron chi connectivity index (χ3n) is 3.65. The number of rotatable bonds is 4. The standard InChI is InChI=1S/C16H18N4O2/c1-11-4-5-12(2)14(8-11)22-7-6-20-10-17-15-13(16(20)21)9-18-19(15)3/h4-5,8-10H,6-7H2,1-3H3. The van der Waals surface area contributed by atoms with Crippen molar-refractivity contribution in [1.29, 1.82) is 0 Å². The zero-order valence-electron chi connectivity index (χ0n) is 12.9. The molecule has 0 fully saturated rings. The molecule has 22 heavy (non-hydrogen) atoms. The maximum absolute atomic E-state index is 12.3. The van der Waals surface area contributed by atoms with Crippen LogP contribution in [-0.4, -0.2) is 25.9 Å². The Morgan fingerprint density at radius 1 is 1.27 bits per heavy atom. The van der Waals surface area contributed by atoms with Gasteiger partial charge in [-0.25, -0.2) is 4.98 Å². The summed E-state index contributed by atoms with van der Waals surface area (Å²) in [7, 11) is 1.77. The number of aryl methyl sites for hydroxylation is 3. The van der Waals surface area contributed by atoms with E-state index in [0.29, 0.717) is 24.2 Å². The van der Waals surface area contributed by atoms with E-state index in [0.717, 1.165) is 16.9 Å². The van der Waals surface area contributed by atoms with Crippen LogP contribution >= 0.6 is 0 Å². The highest BCUT2D eigenvalue weighted by Gasteiger charge is 2.08. The molecule has 0 aliphatic carbocycles. The molecular weight excluding hydrogens is 280 g/mol. The van der Waals surface area contributed by atoms with E-state index >= 15 is 0 Å². The van der Waals surface area contributed by atoms with Crippen LogP contribution in [0.1, 0.15) is 11.1 Å². The molecule has 0 amide bonds. The van der Waals surface area contributed by atoms with Crippen molar-refractivity contribution in [2.45, 2.75) is 20.4 Å². The molecule has 0 unspecified atom stereocenters. The summed E-state index contributed by atoms with van der Waals surface area (Å²) in [6.45, 7) is 4.89. The smallest absolute Gasteiger partial charge is 0.264 e. The lowest BCUT2D eigenvalue weighted by molar-refractivity contribution is 0.294. The van der Waals surface area contributed by atoms with Gasteiger partial charge in [0.05, 0.1) is 12.7 Å². The fourth-order valence-corrected chi connectivity index (χ4v) is 2.34. The largest absolute Gasteiger partial charge is 0.491 e. The van der Waals surface area contributed by atoms with Crippen LogP contribution in [0, 0.1) is 13.8 Å². The van der Waals surface area contributed by atoms with Gasteiger partial charge in [-0.05, 0) is 31.0 Å². The van der Waals surface area contributed by atoms with Gasteiger partial charge in [0.15, 0.2) is 5.65 Å². The molecule has 0 bridgehead atoms. The maximum Gasteiger partial charge on any atom is 0.264 e. The fourth-order valence-electron chi connectivity index (χ4n) is 2.34. The van der Waals surface area contributed by atoms with Gasteiger partial charge in [0.25, 0.3) is 5.56 Å². The molecule has 0 saturated heterocycles. The minimum atomic E-state index is -0.0948. The first-order chi connectivity index (χ1) is 10.6. The highest BCUT2D eigenvalue weighted by atomic mass is 16.5. The Morgan fingerprint density at radius 2 is 2.09 bits per heavy atom. The third-order valence-corrected chi connectivity index (χ3v) is 3.65. The van der Waals surface area contributed by atoms with Crippen LogP contribution in [0.25, 0.3) is 11.0 Å². The molecule has 0 spiro atoms. The van der Waals surface area contributed by atoms with Crippen LogP contribution in [-0.2, 0) is 13.6 Å². The van der Waals surface area contributed by atoms with Crippen molar-refractivity contribution in [1.82, 2.24) is 19.3 Å². The zero-order chi connectivity index (χ0) is 15.7. The Balaban J connectivity index is 1.75. The minimum absolute atomic E-state index is 0.0948. The summed E-state index contributed by atoms with van der Waals surface area (Å²) in [6, 6.07) is 6.08. The predicted octanol–water partition coefficient (Wildman–Crippen LogP) is 1.83. The Labute approximate surface area is 128 Å². The predicted molar refractivity (Wildman–Crippen MR) is 84.2 cm³/mol. The molecule has 3 rings (SSSR count). The SMILES string of the molecule is Cc1ccc(C)c(OCCn2cnc3c(cnn3C)c2=O)c1. The summed E-state index contributed by atoms with van der Waals surface area (Å²) >= 11 is 0. The van der Waals surface area contributed by atoms with Gasteiger partial charge in [-0.1, -0.05) is 12.1 Å². The summed E-state index contributed by atoms with van der Waals surface area (Å²) in [5, 5.41) is 4.58. The molecule has 0 radical (unpaired) electrons. The van der Waals surface area contributed by atoms with Gasteiger partial charge in [-0.2, -0.15) is 5.10 Å². The second-order valence-electron chi connectivity index (χ2n) is 5.37. The summed E-state index contributed by atoms with van der Waals surface area (Å²) < 4.78 is 8.93. The molecule has 3 aromatic rings. The lowest BCUT2D eigenvalue weighted by Gasteiger charge is -2.11. The quantitative estimate of drug-likeness (QED) is 0.737. The first-order valence-corrected chi connectivity index (χ1v) is 7.13. The normalized spacial score (nSPS) is 11.0. The van der Waals surface area contributed by atoms with E-state index in [9.17, 15) is 4.79 Å². The molecule has 1 aromatic carbocycles. The van der Waals surface area contributed by atoms with Crippen LogP contribution in [0.5, 0.6) is 5.75 Å². The number of ether oxygens (including phenoxy) is 1. The van der Waals surface area contributed by atoms with Crippen molar-refractivity contribution in [2.24, 2.45) is 7.05 Å². The summed E-state index contributed by atoms with van der Waals surface area (Å²) in [4.78, 5) is 16.6. The Hall–Kier alpha value is -2.63. The van der Waals surface area contributed by atoms with E-state index in [4.69, 9.17) is 4.74 Å². The summed E-state index contributed by atoms with van der Waals surface area (Å²) in [5.41, 5.74) is 2.73. The second kappa shape index (κ2) is 5.63. The lowest BCUT2D eigenvalue weighted by Crippen LogP contribution is -2.23. The van der Waals surface area contributed by atoms with Crippen molar-refractivity contribution in [3.63, 3.8) is 0 Å². The molecule has 0 aliphatic heterocycles. The molecular formula is C16H18N4O2. The molecule has 6 heteroatoms. The average Bonchev–Trinajstić information content (AvgIpc) is 2.87. The van der Waals surface area contributed by atoms with E-state index in [1.54, 1.807) is 28.8 Å². The number of aromatic nitrogens is 4. The Morgan fingerprint density at radius 3 is 2.91 bits per heavy atom. The number of fused-ring (bicyclic) bond motifs is 1. The first kappa shape index (κ1) is 14.3. The first-order valence-electron chi connectivity index (χ1n) is 7.13. The van der Waals surface area contributed by atoms with Crippen molar-refractivity contribution >= 4 is 11.0 Å². The number of hydrogen-bond donors (Lipinski definition) is 0. The molecule has 2 heterocycles. The molecule has 2 aromatic heterocycles. The van der Waals surface area contributed by atoms with Crippen LogP contribution in [0.4, 0.5) is 0 Å². The van der Waals surface area contributed by atoms with Crippen LogP contribution < -0.4 is 10.3 Å². The van der Waals surface area contributed by atoms with E-state index in [-0.39, 0.29) is 5.56 Å². The fraction of sp³-hybridized carbons (Fsp3) is 0.312. The lowest BCUT2D eigenvalue weighted by atomic mass is 10.1. The van der Waals surface area contributed by atoms with Gasteiger partial charge in [0.1, 0.15) is 24.1 Å². The Kier molecular flexibility index (Phi) is 3.66. The molecule has 0 saturated carbocycles. The highest BCUT2D eigenvalue weighted by molar-refractivity contribution is 5.72. The van der Waals surface area contributed by atoms with E-state index in [1.807, 2.05) is 32.0 Å². The van der Waals surface area contributed by atoms with E-state index < -0.39 is 0 Å². The van der Waals surface area contributed by atoms with Gasteiger partial charge in [0.2, 0.25) is 0 Å². The Bertz CT molecular complexity index is 879. The minimum Gasteiger partial charge on any atom is -0.491 e. The van der Waals surface area contributed by atoms with Crippen molar-refractivity contribution in [3.05, 3.63) is 52.2 Å². The van der Waals surface area contributed by atoms with Gasteiger partial charge < -0.3 is 4.74 Å². The number of nitrogens with zero attached hydrogens (tertiary/aromatic N) is 4. The van der Waals surface area contributed by atoms with Crippen LogP contribution in [0.3, 0.4) is 0 Å². The molecule has 0 aliphatic rings. The van der Waals surface area contributed by atoms with Crippen LogP contribution in [0.2, 0.25) is 0 Å². The summed E-state index contributed by atoms with van der Waals surface area (Å²) in [5.74, 6) is 0.850. The zero-order valence-corrected chi connectivity index (χ0v) is 12.9. The molecule has 0 atom stereocenters. The van der Waals surface area contributed by atoms with Crippen molar-refractivity contribution < 1.29 is 4.74 Å². The topological polar surface area (TPSA) is 61.9 Å². The third kappa shape index (κ3) is 2.59. The van der Waals surface area contributed by atoms with Gasteiger partial charge in [0, 0.05) is 7.05 Å². The molecule has 0 N–H and O–H groups in total. The molecule has 114 valence electrons. The second-order valence-corrected chi connectivity index (χ2v) is 5.37. The van der Waals surface area contributed by atoms with Crippen molar-refractivity contribution in [3.8, 4) is 5.75 Å². The highest BCUT2D eigenvalue weighted by Crippen LogP contribution is 2.18. The number of hydrogen-bond acceptors (Lipinski definition) is 4. The maximum atomic E-state index is 12.3. The van der Waals surface area contributed by atoms with Crippen LogP contribution in [0.15, 0.2) is 35.5 Å². The number of benzene rings is 1. The monoisotopic (exact) mass is 298 g/mol. The van der Waals surface area contributed by atoms with Crippen molar-refractivity contribution in [2.75, 3.05) is 6.61 Å². The summed E-state index contributed by atoms with van der Waals surface area (Å²) in [6.07, 6.45) is 3.09.